The van der Waals surface area contributed by atoms with Crippen LogP contribution in [0.15, 0.2) is 47.4 Å². The summed E-state index contributed by atoms with van der Waals surface area (Å²) in [5, 5.41) is 2.61. The van der Waals surface area contributed by atoms with Crippen molar-refractivity contribution in [3.05, 3.63) is 53.8 Å². The maximum absolute atomic E-state index is 12.8. The van der Waals surface area contributed by atoms with Crippen LogP contribution < -0.4 is 19.5 Å². The maximum atomic E-state index is 12.8. The molecule has 0 atom stereocenters. The van der Waals surface area contributed by atoms with Gasteiger partial charge in [-0.05, 0) is 36.2 Å². The Labute approximate surface area is 157 Å². The van der Waals surface area contributed by atoms with Gasteiger partial charge in [-0.1, -0.05) is 12.1 Å². The quantitative estimate of drug-likeness (QED) is 0.670. The van der Waals surface area contributed by atoms with Gasteiger partial charge in [-0.25, -0.2) is 17.5 Å². The van der Waals surface area contributed by atoms with Crippen LogP contribution in [0.25, 0.3) is 0 Å². The predicted octanol–water partition coefficient (Wildman–Crippen LogP) is 1.48. The molecule has 0 aromatic heterocycles. The van der Waals surface area contributed by atoms with E-state index in [1.165, 1.54) is 44.6 Å². The van der Waals surface area contributed by atoms with Crippen molar-refractivity contribution in [1.82, 2.24) is 10.0 Å². The number of rotatable bonds is 9. The molecule has 0 aliphatic rings. The van der Waals surface area contributed by atoms with E-state index >= 15 is 0 Å². The van der Waals surface area contributed by atoms with Gasteiger partial charge in [0.1, 0.15) is 5.82 Å². The molecule has 0 heterocycles. The zero-order valence-corrected chi connectivity index (χ0v) is 15.8. The molecule has 27 heavy (non-hydrogen) atoms. The predicted molar refractivity (Wildman–Crippen MR) is 97.8 cm³/mol. The van der Waals surface area contributed by atoms with E-state index in [9.17, 15) is 17.6 Å². The van der Waals surface area contributed by atoms with Crippen LogP contribution in [0.3, 0.4) is 0 Å². The highest BCUT2D eigenvalue weighted by Crippen LogP contribution is 2.29. The van der Waals surface area contributed by atoms with E-state index in [0.29, 0.717) is 18.7 Å². The zero-order valence-electron chi connectivity index (χ0n) is 15.0. The fraction of sp³-hybridized carbons (Fsp3) is 0.278. The average Bonchev–Trinajstić information content (AvgIpc) is 2.67. The first-order chi connectivity index (χ1) is 12.9. The fourth-order valence-electron chi connectivity index (χ4n) is 2.29. The summed E-state index contributed by atoms with van der Waals surface area (Å²) in [5.41, 5.74) is 0.864. The highest BCUT2D eigenvalue weighted by atomic mass is 32.2. The van der Waals surface area contributed by atoms with E-state index in [4.69, 9.17) is 9.47 Å². The molecule has 0 spiro atoms. The standard InChI is InChI=1S/C18H21FN2O5S/c1-25-16-8-7-15(11-17(16)26-2)27(23,24)21-12-18(22)20-10-9-13-3-5-14(19)6-4-13/h3-8,11,21H,9-10,12H2,1-2H3,(H,20,22). The third kappa shape index (κ3) is 5.93. The van der Waals surface area contributed by atoms with Gasteiger partial charge in [-0.15, -0.1) is 0 Å². The Morgan fingerprint density at radius 2 is 1.70 bits per heavy atom. The lowest BCUT2D eigenvalue weighted by atomic mass is 10.1. The van der Waals surface area contributed by atoms with Crippen LogP contribution in [-0.4, -0.2) is 41.6 Å². The molecule has 1 amide bonds. The van der Waals surface area contributed by atoms with Crippen molar-refractivity contribution in [3.8, 4) is 11.5 Å². The molecule has 0 saturated carbocycles. The highest BCUT2D eigenvalue weighted by molar-refractivity contribution is 7.89. The second-order valence-electron chi connectivity index (χ2n) is 5.57. The third-order valence-corrected chi connectivity index (χ3v) is 5.14. The van der Waals surface area contributed by atoms with E-state index in [2.05, 4.69) is 10.0 Å². The molecule has 0 unspecified atom stereocenters. The van der Waals surface area contributed by atoms with Gasteiger partial charge < -0.3 is 14.8 Å². The maximum Gasteiger partial charge on any atom is 0.241 e. The van der Waals surface area contributed by atoms with Crippen molar-refractivity contribution < 1.29 is 27.1 Å². The number of carbonyl (C=O) groups is 1. The number of halogens is 1. The van der Waals surface area contributed by atoms with E-state index in [-0.39, 0.29) is 16.5 Å². The lowest BCUT2D eigenvalue weighted by Gasteiger charge is -2.11. The molecule has 2 aromatic carbocycles. The van der Waals surface area contributed by atoms with Gasteiger partial charge in [0.25, 0.3) is 0 Å². The number of benzene rings is 2. The Balaban J connectivity index is 1.87. The van der Waals surface area contributed by atoms with Gasteiger partial charge in [0.2, 0.25) is 15.9 Å². The Morgan fingerprint density at radius 1 is 1.04 bits per heavy atom. The van der Waals surface area contributed by atoms with Crippen LogP contribution >= 0.6 is 0 Å². The molecule has 0 bridgehead atoms. The molecular weight excluding hydrogens is 375 g/mol. The van der Waals surface area contributed by atoms with Crippen LogP contribution in [0.4, 0.5) is 4.39 Å². The van der Waals surface area contributed by atoms with Crippen molar-refractivity contribution >= 4 is 15.9 Å². The number of carbonyl (C=O) groups excluding carboxylic acids is 1. The molecule has 0 radical (unpaired) electrons. The minimum absolute atomic E-state index is 0.0423. The lowest BCUT2D eigenvalue weighted by Crippen LogP contribution is -2.37. The number of ether oxygens (including phenoxy) is 2. The molecule has 7 nitrogen and oxygen atoms in total. The minimum atomic E-state index is -3.88. The summed E-state index contributed by atoms with van der Waals surface area (Å²) in [4.78, 5) is 11.8. The van der Waals surface area contributed by atoms with Crippen LogP contribution in [0.5, 0.6) is 11.5 Å². The molecule has 2 N–H and O–H groups in total. The first kappa shape index (κ1) is 20.7. The molecule has 9 heteroatoms. The number of hydrogen-bond donors (Lipinski definition) is 2. The molecule has 0 saturated heterocycles. The third-order valence-electron chi connectivity index (χ3n) is 3.74. The van der Waals surface area contributed by atoms with Crippen LogP contribution in [0.2, 0.25) is 0 Å². The summed E-state index contributed by atoms with van der Waals surface area (Å²) in [7, 11) is -1.04. The Morgan fingerprint density at radius 3 is 2.33 bits per heavy atom. The molecule has 0 aliphatic carbocycles. The monoisotopic (exact) mass is 396 g/mol. The van der Waals surface area contributed by atoms with Gasteiger partial charge in [0.15, 0.2) is 11.5 Å². The van der Waals surface area contributed by atoms with Crippen molar-refractivity contribution in [1.29, 1.82) is 0 Å². The van der Waals surface area contributed by atoms with Crippen molar-refractivity contribution in [2.45, 2.75) is 11.3 Å². The lowest BCUT2D eigenvalue weighted by molar-refractivity contribution is -0.119. The Hall–Kier alpha value is -2.65. The fourth-order valence-corrected chi connectivity index (χ4v) is 3.28. The second-order valence-corrected chi connectivity index (χ2v) is 7.33. The van der Waals surface area contributed by atoms with Crippen molar-refractivity contribution in [2.24, 2.45) is 0 Å². The molecule has 0 aliphatic heterocycles. The van der Waals surface area contributed by atoms with Crippen LogP contribution in [0.1, 0.15) is 5.56 Å². The normalized spacial score (nSPS) is 11.1. The first-order valence-corrected chi connectivity index (χ1v) is 9.57. The van der Waals surface area contributed by atoms with E-state index < -0.39 is 22.5 Å². The Bertz CT molecular complexity index is 885. The number of methoxy groups -OCH3 is 2. The topological polar surface area (TPSA) is 93.7 Å². The Kier molecular flexibility index (Phi) is 7.14. The van der Waals surface area contributed by atoms with Crippen LogP contribution in [0, 0.1) is 5.82 Å². The molecular formula is C18H21FN2O5S. The van der Waals surface area contributed by atoms with Gasteiger partial charge in [0, 0.05) is 12.6 Å². The number of amides is 1. The number of nitrogens with one attached hydrogen (secondary N) is 2. The number of hydrogen-bond acceptors (Lipinski definition) is 5. The molecule has 0 fully saturated rings. The molecule has 2 rings (SSSR count). The highest BCUT2D eigenvalue weighted by Gasteiger charge is 2.18. The van der Waals surface area contributed by atoms with E-state index in [1.807, 2.05) is 0 Å². The first-order valence-electron chi connectivity index (χ1n) is 8.08. The van der Waals surface area contributed by atoms with Crippen molar-refractivity contribution in [2.75, 3.05) is 27.3 Å². The molecule has 2 aromatic rings. The smallest absolute Gasteiger partial charge is 0.241 e. The summed E-state index contributed by atoms with van der Waals surface area (Å²) in [6.07, 6.45) is 0.508. The minimum Gasteiger partial charge on any atom is -0.493 e. The van der Waals surface area contributed by atoms with Gasteiger partial charge in [0.05, 0.1) is 25.7 Å². The number of sulfonamides is 1. The average molecular weight is 396 g/mol. The SMILES string of the molecule is COc1ccc(S(=O)(=O)NCC(=O)NCCc2ccc(F)cc2)cc1OC. The summed E-state index contributed by atoms with van der Waals surface area (Å²) in [6, 6.07) is 10.1. The second kappa shape index (κ2) is 9.33. The van der Waals surface area contributed by atoms with Crippen molar-refractivity contribution in [3.63, 3.8) is 0 Å². The van der Waals surface area contributed by atoms with E-state index in [0.717, 1.165) is 5.56 Å². The van der Waals surface area contributed by atoms with Gasteiger partial charge in [-0.3, -0.25) is 4.79 Å². The summed E-state index contributed by atoms with van der Waals surface area (Å²) < 4.78 is 49.8. The molecule has 146 valence electrons. The van der Waals surface area contributed by atoms with Crippen LogP contribution in [-0.2, 0) is 21.2 Å². The van der Waals surface area contributed by atoms with E-state index in [1.54, 1.807) is 12.1 Å². The summed E-state index contributed by atoms with van der Waals surface area (Å²) >= 11 is 0. The van der Waals surface area contributed by atoms with Gasteiger partial charge in [-0.2, -0.15) is 0 Å². The van der Waals surface area contributed by atoms with Gasteiger partial charge >= 0.3 is 0 Å². The summed E-state index contributed by atoms with van der Waals surface area (Å²) in [6.45, 7) is -0.0946. The summed E-state index contributed by atoms with van der Waals surface area (Å²) in [5.74, 6) is -0.132. The zero-order chi connectivity index (χ0) is 19.9. The largest absolute Gasteiger partial charge is 0.493 e.